The van der Waals surface area contributed by atoms with Crippen LogP contribution in [0.3, 0.4) is 0 Å². The van der Waals surface area contributed by atoms with E-state index in [9.17, 15) is 9.59 Å². The SMILES string of the molecule is COc1ccc(C(=O)N2CCN(c3cc(Cl)nc(SCC(=O)N4CCN(CC=Cc5ccccc5)CC4)n3)CC2C)cc1. The van der Waals surface area contributed by atoms with Gasteiger partial charge in [-0.2, -0.15) is 0 Å². The lowest BCUT2D eigenvalue weighted by Crippen LogP contribution is -2.54. The molecule has 1 unspecified atom stereocenters. The molecule has 43 heavy (non-hydrogen) atoms. The first-order valence-electron chi connectivity index (χ1n) is 14.5. The number of amides is 2. The Kier molecular flexibility index (Phi) is 10.6. The Morgan fingerprint density at radius 3 is 2.44 bits per heavy atom. The number of anilines is 1. The molecule has 0 saturated carbocycles. The fourth-order valence-corrected chi connectivity index (χ4v) is 6.26. The molecule has 2 aromatic carbocycles. The van der Waals surface area contributed by atoms with Crippen LogP contribution in [-0.4, -0.2) is 108 Å². The van der Waals surface area contributed by atoms with Crippen LogP contribution >= 0.6 is 23.4 Å². The van der Waals surface area contributed by atoms with Gasteiger partial charge in [0.05, 0.1) is 12.9 Å². The van der Waals surface area contributed by atoms with Crippen molar-refractivity contribution >= 4 is 47.1 Å². The summed E-state index contributed by atoms with van der Waals surface area (Å²) in [7, 11) is 1.61. The first-order valence-corrected chi connectivity index (χ1v) is 15.8. The van der Waals surface area contributed by atoms with Crippen LogP contribution in [0.15, 0.2) is 71.9 Å². The molecule has 0 aliphatic carbocycles. The Hall–Kier alpha value is -3.60. The molecular formula is C32H37ClN6O3S. The maximum absolute atomic E-state index is 13.1. The van der Waals surface area contributed by atoms with Gasteiger partial charge in [0.25, 0.3) is 5.91 Å². The molecule has 226 valence electrons. The van der Waals surface area contributed by atoms with Crippen LogP contribution in [0.25, 0.3) is 6.08 Å². The van der Waals surface area contributed by atoms with E-state index >= 15 is 0 Å². The van der Waals surface area contributed by atoms with Gasteiger partial charge in [0.15, 0.2) is 5.16 Å². The third-order valence-corrected chi connectivity index (χ3v) is 8.76. The normalized spacial score (nSPS) is 17.8. The van der Waals surface area contributed by atoms with E-state index in [0.29, 0.717) is 54.4 Å². The maximum atomic E-state index is 13.1. The van der Waals surface area contributed by atoms with E-state index in [-0.39, 0.29) is 23.6 Å². The first kappa shape index (κ1) is 30.8. The summed E-state index contributed by atoms with van der Waals surface area (Å²) < 4.78 is 5.21. The Labute approximate surface area is 262 Å². The zero-order chi connectivity index (χ0) is 30.2. The second-order valence-electron chi connectivity index (χ2n) is 10.6. The molecule has 9 nitrogen and oxygen atoms in total. The molecule has 5 rings (SSSR count). The fourth-order valence-electron chi connectivity index (χ4n) is 5.28. The lowest BCUT2D eigenvalue weighted by molar-refractivity contribution is -0.130. The average Bonchev–Trinajstić information content (AvgIpc) is 3.04. The third kappa shape index (κ3) is 8.28. The van der Waals surface area contributed by atoms with E-state index in [0.717, 1.165) is 25.4 Å². The van der Waals surface area contributed by atoms with Gasteiger partial charge >= 0.3 is 0 Å². The summed E-state index contributed by atoms with van der Waals surface area (Å²) in [4.78, 5) is 43.5. The van der Waals surface area contributed by atoms with E-state index < -0.39 is 0 Å². The minimum atomic E-state index is -0.0257. The standard InChI is InChI=1S/C32H37ClN6O3S/c1-24-22-38(19-20-39(24)31(41)26-10-12-27(42-2)13-11-26)29-21-28(33)34-32(35-29)43-23-30(40)37-17-15-36(16-18-37)14-6-9-25-7-4-3-5-8-25/h3-13,21,24H,14-20,22-23H2,1-2H3. The van der Waals surface area contributed by atoms with Gasteiger partial charge in [0.1, 0.15) is 16.7 Å². The Bertz CT molecular complexity index is 1420. The average molecular weight is 621 g/mol. The van der Waals surface area contributed by atoms with Crippen molar-refractivity contribution in [1.82, 2.24) is 24.7 Å². The van der Waals surface area contributed by atoms with Gasteiger partial charge in [-0.05, 0) is 36.8 Å². The number of nitrogens with zero attached hydrogens (tertiary/aromatic N) is 6. The molecular weight excluding hydrogens is 584 g/mol. The molecule has 2 aliphatic heterocycles. The zero-order valence-electron chi connectivity index (χ0n) is 24.6. The van der Waals surface area contributed by atoms with Crippen molar-refractivity contribution in [2.75, 3.05) is 70.1 Å². The Balaban J connectivity index is 1.10. The van der Waals surface area contributed by atoms with Crippen LogP contribution < -0.4 is 9.64 Å². The third-order valence-electron chi connectivity index (χ3n) is 7.73. The van der Waals surface area contributed by atoms with Gasteiger partial charge in [-0.15, -0.1) is 0 Å². The Morgan fingerprint density at radius 2 is 1.74 bits per heavy atom. The number of hydrogen-bond donors (Lipinski definition) is 0. The lowest BCUT2D eigenvalue weighted by atomic mass is 10.1. The highest BCUT2D eigenvalue weighted by molar-refractivity contribution is 7.99. The van der Waals surface area contributed by atoms with Gasteiger partial charge in [0.2, 0.25) is 5.91 Å². The highest BCUT2D eigenvalue weighted by Gasteiger charge is 2.29. The topological polar surface area (TPSA) is 82.1 Å². The van der Waals surface area contributed by atoms with Crippen LogP contribution in [0.4, 0.5) is 5.82 Å². The predicted molar refractivity (Wildman–Crippen MR) is 172 cm³/mol. The van der Waals surface area contributed by atoms with Gasteiger partial charge < -0.3 is 19.4 Å². The van der Waals surface area contributed by atoms with Crippen molar-refractivity contribution in [1.29, 1.82) is 0 Å². The van der Waals surface area contributed by atoms with E-state index in [1.54, 1.807) is 37.4 Å². The molecule has 2 fully saturated rings. The predicted octanol–water partition coefficient (Wildman–Crippen LogP) is 4.44. The molecule has 3 aromatic rings. The van der Waals surface area contributed by atoms with E-state index in [1.807, 2.05) is 34.9 Å². The second-order valence-corrected chi connectivity index (χ2v) is 12.0. The highest BCUT2D eigenvalue weighted by Crippen LogP contribution is 2.25. The van der Waals surface area contributed by atoms with Crippen molar-refractivity contribution in [2.45, 2.75) is 18.1 Å². The number of piperazine rings is 2. The van der Waals surface area contributed by atoms with Gasteiger partial charge in [-0.3, -0.25) is 14.5 Å². The Morgan fingerprint density at radius 1 is 1.00 bits per heavy atom. The molecule has 11 heteroatoms. The summed E-state index contributed by atoms with van der Waals surface area (Å²) in [6.07, 6.45) is 4.31. The largest absolute Gasteiger partial charge is 0.497 e. The lowest BCUT2D eigenvalue weighted by Gasteiger charge is -2.40. The molecule has 2 saturated heterocycles. The number of ether oxygens (including phenoxy) is 1. The quantitative estimate of drug-likeness (QED) is 0.197. The second kappa shape index (κ2) is 14.7. The summed E-state index contributed by atoms with van der Waals surface area (Å²) in [6, 6.07) is 19.2. The number of benzene rings is 2. The highest BCUT2D eigenvalue weighted by atomic mass is 35.5. The summed E-state index contributed by atoms with van der Waals surface area (Å²) in [5.74, 6) is 1.75. The fraction of sp³-hybridized carbons (Fsp3) is 0.375. The minimum Gasteiger partial charge on any atom is -0.497 e. The molecule has 2 aliphatic rings. The minimum absolute atomic E-state index is 0.00485. The molecule has 1 atom stereocenters. The molecule has 0 spiro atoms. The molecule has 3 heterocycles. The van der Waals surface area contributed by atoms with E-state index in [4.69, 9.17) is 21.3 Å². The van der Waals surface area contributed by atoms with Gasteiger partial charge in [0, 0.05) is 70.0 Å². The molecule has 0 bridgehead atoms. The molecule has 2 amide bonds. The number of carbonyl (C=O) groups excluding carboxylic acids is 2. The number of rotatable bonds is 9. The first-order chi connectivity index (χ1) is 20.9. The summed E-state index contributed by atoms with van der Waals surface area (Å²) in [5, 5.41) is 0.812. The maximum Gasteiger partial charge on any atom is 0.254 e. The number of halogens is 1. The van der Waals surface area contributed by atoms with Crippen molar-refractivity contribution in [3.8, 4) is 5.75 Å². The van der Waals surface area contributed by atoms with Crippen molar-refractivity contribution < 1.29 is 14.3 Å². The number of thioether (sulfide) groups is 1. The zero-order valence-corrected chi connectivity index (χ0v) is 26.1. The van der Waals surface area contributed by atoms with Gasteiger partial charge in [-0.25, -0.2) is 9.97 Å². The van der Waals surface area contributed by atoms with Crippen LogP contribution in [0.5, 0.6) is 5.75 Å². The molecule has 1 aromatic heterocycles. The smallest absolute Gasteiger partial charge is 0.254 e. The summed E-state index contributed by atoms with van der Waals surface area (Å²) in [5.41, 5.74) is 1.83. The van der Waals surface area contributed by atoms with Gasteiger partial charge in [-0.1, -0.05) is 65.8 Å². The van der Waals surface area contributed by atoms with Crippen molar-refractivity contribution in [3.05, 3.63) is 83.0 Å². The summed E-state index contributed by atoms with van der Waals surface area (Å²) in [6.45, 7) is 7.79. The van der Waals surface area contributed by atoms with Crippen molar-refractivity contribution in [3.63, 3.8) is 0 Å². The van der Waals surface area contributed by atoms with E-state index in [2.05, 4.69) is 39.1 Å². The number of aromatic nitrogens is 2. The molecule has 0 N–H and O–H groups in total. The number of methoxy groups -OCH3 is 1. The van der Waals surface area contributed by atoms with Crippen LogP contribution in [0.2, 0.25) is 5.15 Å². The number of hydrogen-bond acceptors (Lipinski definition) is 8. The van der Waals surface area contributed by atoms with Crippen molar-refractivity contribution in [2.24, 2.45) is 0 Å². The van der Waals surface area contributed by atoms with Crippen LogP contribution in [0, 0.1) is 0 Å². The van der Waals surface area contributed by atoms with Crippen LogP contribution in [-0.2, 0) is 4.79 Å². The monoisotopic (exact) mass is 620 g/mol. The van der Waals surface area contributed by atoms with E-state index in [1.165, 1.54) is 17.3 Å². The number of carbonyl (C=O) groups is 2. The van der Waals surface area contributed by atoms with Crippen LogP contribution in [0.1, 0.15) is 22.8 Å². The summed E-state index contributed by atoms with van der Waals surface area (Å²) >= 11 is 7.69. The molecule has 0 radical (unpaired) electrons.